The van der Waals surface area contributed by atoms with Crippen molar-refractivity contribution in [1.82, 2.24) is 5.32 Å². The Labute approximate surface area is 89.6 Å². The Kier molecular flexibility index (Phi) is 4.85. The molecule has 0 saturated heterocycles. The van der Waals surface area contributed by atoms with Crippen LogP contribution in [0.3, 0.4) is 0 Å². The molecular formula is C11H28N2S. The average molecular weight is 220 g/mol. The molecule has 3 N–H and O–H groups in total. The molecule has 3 heteroatoms. The Morgan fingerprint density at radius 2 is 1.71 bits per heavy atom. The zero-order valence-corrected chi connectivity index (χ0v) is 11.2. The molecule has 0 saturated carbocycles. The van der Waals surface area contributed by atoms with Gasteiger partial charge in [0.1, 0.15) is 0 Å². The number of hydrogen-bond acceptors (Lipinski definition) is 2. The molecule has 14 heavy (non-hydrogen) atoms. The van der Waals surface area contributed by atoms with Gasteiger partial charge < -0.3 is 11.1 Å². The summed E-state index contributed by atoms with van der Waals surface area (Å²) in [7, 11) is -1.26. The van der Waals surface area contributed by atoms with E-state index < -0.39 is 9.16 Å². The number of hydrogen-bond donors (Lipinski definition) is 3. The highest BCUT2D eigenvalue weighted by molar-refractivity contribution is 8.47. The van der Waals surface area contributed by atoms with E-state index >= 15 is 0 Å². The Bertz CT molecular complexity index is 182. The standard InChI is InChI=1S/C11H28N2S/c1-11(12)13-9-7-6-8-10-14(2,3,4)5/h13-14H,1,6-10,12H2,2-5H3. The third kappa shape index (κ3) is 11.7. The third-order valence-corrected chi connectivity index (χ3v) is 4.19. The fraction of sp³-hybridized carbons (Fsp3) is 0.818. The second kappa shape index (κ2) is 4.96. The van der Waals surface area contributed by atoms with Crippen molar-refractivity contribution >= 4 is 9.16 Å². The van der Waals surface area contributed by atoms with Crippen LogP contribution in [0.2, 0.25) is 0 Å². The highest BCUT2D eigenvalue weighted by Crippen LogP contribution is 2.55. The quantitative estimate of drug-likeness (QED) is 0.452. The first-order valence-electron chi connectivity index (χ1n) is 5.35. The summed E-state index contributed by atoms with van der Waals surface area (Å²) < 4.78 is 0. The van der Waals surface area contributed by atoms with Gasteiger partial charge in [-0.2, -0.15) is 0 Å². The molecule has 0 fully saturated rings. The maximum absolute atomic E-state index is 5.40. The van der Waals surface area contributed by atoms with Crippen molar-refractivity contribution in [2.24, 2.45) is 5.73 Å². The summed E-state index contributed by atoms with van der Waals surface area (Å²) in [6.07, 6.45) is 13.6. The molecule has 0 aliphatic rings. The molecule has 0 aromatic rings. The molecule has 0 aliphatic heterocycles. The summed E-state index contributed by atoms with van der Waals surface area (Å²) in [5.41, 5.74) is 5.40. The molecular weight excluding hydrogens is 192 g/mol. The van der Waals surface area contributed by atoms with Gasteiger partial charge in [-0.05, 0) is 43.6 Å². The molecule has 0 aromatic carbocycles. The zero-order valence-electron chi connectivity index (χ0n) is 10.3. The predicted octanol–water partition coefficient (Wildman–Crippen LogP) is 1.77. The second-order valence-electron chi connectivity index (χ2n) is 6.18. The fourth-order valence-corrected chi connectivity index (χ4v) is 2.78. The Balaban J connectivity index is 3.35. The highest BCUT2D eigenvalue weighted by atomic mass is 32.3. The van der Waals surface area contributed by atoms with Gasteiger partial charge >= 0.3 is 0 Å². The van der Waals surface area contributed by atoms with Crippen molar-refractivity contribution < 1.29 is 0 Å². The third-order valence-electron chi connectivity index (χ3n) is 2.08. The predicted molar refractivity (Wildman–Crippen MR) is 72.7 cm³/mol. The molecule has 0 amide bonds. The van der Waals surface area contributed by atoms with E-state index in [2.05, 4.69) is 36.9 Å². The summed E-state index contributed by atoms with van der Waals surface area (Å²) in [6.45, 7) is 4.56. The molecule has 0 spiro atoms. The molecule has 0 aromatic heterocycles. The zero-order chi connectivity index (χ0) is 11.3. The van der Waals surface area contributed by atoms with Crippen LogP contribution in [0.15, 0.2) is 12.4 Å². The van der Waals surface area contributed by atoms with Gasteiger partial charge in [0.05, 0.1) is 5.82 Å². The average Bonchev–Trinajstić information content (AvgIpc) is 1.92. The number of nitrogens with two attached hydrogens (primary N) is 1. The first-order chi connectivity index (χ1) is 6.17. The first-order valence-corrected chi connectivity index (χ1v) is 9.56. The van der Waals surface area contributed by atoms with Crippen molar-refractivity contribution in [2.45, 2.75) is 19.3 Å². The molecule has 0 aliphatic carbocycles. The van der Waals surface area contributed by atoms with Crippen LogP contribution in [-0.4, -0.2) is 37.3 Å². The molecule has 2 nitrogen and oxygen atoms in total. The van der Waals surface area contributed by atoms with Crippen molar-refractivity contribution in [2.75, 3.05) is 37.3 Å². The van der Waals surface area contributed by atoms with Crippen LogP contribution in [0.5, 0.6) is 0 Å². The Hall–Kier alpha value is -0.310. The maximum Gasteiger partial charge on any atom is 0.0885 e. The highest BCUT2D eigenvalue weighted by Gasteiger charge is 2.16. The van der Waals surface area contributed by atoms with E-state index in [-0.39, 0.29) is 0 Å². The molecule has 0 rings (SSSR count). The molecule has 0 heterocycles. The van der Waals surface area contributed by atoms with Gasteiger partial charge in [0, 0.05) is 6.54 Å². The molecule has 0 radical (unpaired) electrons. The molecule has 88 valence electrons. The molecule has 0 bridgehead atoms. The second-order valence-corrected chi connectivity index (χ2v) is 14.5. The lowest BCUT2D eigenvalue weighted by atomic mass is 10.2. The van der Waals surface area contributed by atoms with E-state index in [1.165, 1.54) is 25.0 Å². The van der Waals surface area contributed by atoms with Crippen LogP contribution in [0.4, 0.5) is 0 Å². The number of thiol groups is 1. The summed E-state index contributed by atoms with van der Waals surface area (Å²) in [5, 5.41) is 3.05. The van der Waals surface area contributed by atoms with Gasteiger partial charge in [-0.15, -0.1) is 0 Å². The maximum atomic E-state index is 5.40. The normalized spacial score (nSPS) is 14.4. The fourth-order valence-electron chi connectivity index (χ4n) is 1.29. The van der Waals surface area contributed by atoms with Gasteiger partial charge in [0.25, 0.3) is 0 Å². The van der Waals surface area contributed by atoms with Gasteiger partial charge in [0.15, 0.2) is 0 Å². The lowest BCUT2D eigenvalue weighted by Gasteiger charge is -2.47. The van der Waals surface area contributed by atoms with Gasteiger partial charge in [-0.25, -0.2) is 0 Å². The van der Waals surface area contributed by atoms with Gasteiger partial charge in [0.2, 0.25) is 0 Å². The minimum absolute atomic E-state index is 0.585. The van der Waals surface area contributed by atoms with E-state index in [1.807, 2.05) is 0 Å². The topological polar surface area (TPSA) is 38.0 Å². The largest absolute Gasteiger partial charge is 0.386 e. The van der Waals surface area contributed by atoms with Gasteiger partial charge in [-0.3, -0.25) is 9.16 Å². The smallest absolute Gasteiger partial charge is 0.0885 e. The summed E-state index contributed by atoms with van der Waals surface area (Å²) in [4.78, 5) is 0. The van der Waals surface area contributed by atoms with E-state index in [4.69, 9.17) is 5.73 Å². The van der Waals surface area contributed by atoms with Crippen molar-refractivity contribution in [3.8, 4) is 0 Å². The Morgan fingerprint density at radius 1 is 1.14 bits per heavy atom. The van der Waals surface area contributed by atoms with E-state index in [9.17, 15) is 0 Å². The van der Waals surface area contributed by atoms with Crippen molar-refractivity contribution in [3.63, 3.8) is 0 Å². The van der Waals surface area contributed by atoms with E-state index in [1.54, 1.807) is 0 Å². The monoisotopic (exact) mass is 220 g/mol. The Morgan fingerprint density at radius 3 is 2.14 bits per heavy atom. The minimum atomic E-state index is -1.26. The van der Waals surface area contributed by atoms with Crippen LogP contribution >= 0.6 is 9.16 Å². The van der Waals surface area contributed by atoms with Crippen LogP contribution in [0, 0.1) is 0 Å². The van der Waals surface area contributed by atoms with Crippen molar-refractivity contribution in [3.05, 3.63) is 12.4 Å². The lowest BCUT2D eigenvalue weighted by Crippen LogP contribution is -2.20. The SMILES string of the molecule is C=C(N)NCCCCC[SH](C)(C)(C)C. The first kappa shape index (κ1) is 13.7. The summed E-state index contributed by atoms with van der Waals surface area (Å²) in [5.74, 6) is 1.98. The number of rotatable bonds is 7. The minimum Gasteiger partial charge on any atom is -0.386 e. The summed E-state index contributed by atoms with van der Waals surface area (Å²) >= 11 is 0. The summed E-state index contributed by atoms with van der Waals surface area (Å²) in [6, 6.07) is 0. The van der Waals surface area contributed by atoms with Crippen LogP contribution in [-0.2, 0) is 0 Å². The lowest BCUT2D eigenvalue weighted by molar-refractivity contribution is 0.667. The van der Waals surface area contributed by atoms with Crippen molar-refractivity contribution in [1.29, 1.82) is 0 Å². The number of unbranched alkanes of at least 4 members (excludes halogenated alkanes) is 2. The van der Waals surface area contributed by atoms with Gasteiger partial charge in [-0.1, -0.05) is 13.0 Å². The van der Waals surface area contributed by atoms with E-state index in [0.717, 1.165) is 6.54 Å². The van der Waals surface area contributed by atoms with Crippen LogP contribution < -0.4 is 11.1 Å². The van der Waals surface area contributed by atoms with Crippen LogP contribution in [0.1, 0.15) is 19.3 Å². The molecule has 0 unspecified atom stereocenters. The van der Waals surface area contributed by atoms with E-state index in [0.29, 0.717) is 5.82 Å². The number of nitrogens with one attached hydrogen (secondary N) is 1. The molecule has 0 atom stereocenters. The van der Waals surface area contributed by atoms with Crippen LogP contribution in [0.25, 0.3) is 0 Å².